The summed E-state index contributed by atoms with van der Waals surface area (Å²) in [4.78, 5) is 2.13. The van der Waals surface area contributed by atoms with Gasteiger partial charge in [0.15, 0.2) is 0 Å². The van der Waals surface area contributed by atoms with E-state index in [0.29, 0.717) is 0 Å². The van der Waals surface area contributed by atoms with Crippen LogP contribution in [0, 0.1) is 0 Å². The highest BCUT2D eigenvalue weighted by atomic mass is 79.9. The molecular weight excluding hydrogens is 238 g/mol. The van der Waals surface area contributed by atoms with Gasteiger partial charge in [0, 0.05) is 29.6 Å². The van der Waals surface area contributed by atoms with Crippen LogP contribution in [0.5, 0.6) is 0 Å². The van der Waals surface area contributed by atoms with Gasteiger partial charge in [0.25, 0.3) is 0 Å². The first-order valence-electron chi connectivity index (χ1n) is 4.55. The molecule has 0 aromatic heterocycles. The minimum Gasteiger partial charge on any atom is -0.377 e. The average molecular weight is 250 g/mol. The van der Waals surface area contributed by atoms with E-state index >= 15 is 0 Å². The zero-order chi connectivity index (χ0) is 10.1. The van der Waals surface area contributed by atoms with Gasteiger partial charge in [0.1, 0.15) is 0 Å². The van der Waals surface area contributed by atoms with Crippen molar-refractivity contribution in [2.75, 3.05) is 19.0 Å². The molecule has 2 aromatic rings. The maximum Gasteiger partial charge on any atom is 0.0441 e. The molecule has 72 valence electrons. The Morgan fingerprint density at radius 1 is 0.929 bits per heavy atom. The van der Waals surface area contributed by atoms with Crippen LogP contribution in [0.25, 0.3) is 10.8 Å². The molecule has 0 unspecified atom stereocenters. The second-order valence-corrected chi connectivity index (χ2v) is 4.36. The molecule has 0 saturated carbocycles. The first-order chi connectivity index (χ1) is 6.70. The number of hydrogen-bond acceptors (Lipinski definition) is 1. The molecule has 2 heteroatoms. The molecule has 0 aliphatic rings. The predicted molar refractivity (Wildman–Crippen MR) is 66.0 cm³/mol. The Morgan fingerprint density at radius 3 is 2.29 bits per heavy atom. The Morgan fingerprint density at radius 2 is 1.57 bits per heavy atom. The summed E-state index contributed by atoms with van der Waals surface area (Å²) in [5.41, 5.74) is 1.25. The molecule has 0 spiro atoms. The number of anilines is 1. The van der Waals surface area contributed by atoms with E-state index in [4.69, 9.17) is 0 Å². The van der Waals surface area contributed by atoms with Gasteiger partial charge in [-0.15, -0.1) is 0 Å². The third-order valence-electron chi connectivity index (χ3n) is 2.33. The predicted octanol–water partition coefficient (Wildman–Crippen LogP) is 3.67. The zero-order valence-corrected chi connectivity index (χ0v) is 9.88. The van der Waals surface area contributed by atoms with Crippen LogP contribution in [0.2, 0.25) is 0 Å². The van der Waals surface area contributed by atoms with Gasteiger partial charge in [0.2, 0.25) is 0 Å². The lowest BCUT2D eigenvalue weighted by atomic mass is 10.1. The first-order valence-corrected chi connectivity index (χ1v) is 5.34. The Hall–Kier alpha value is -1.02. The highest BCUT2D eigenvalue weighted by molar-refractivity contribution is 9.10. The fourth-order valence-electron chi connectivity index (χ4n) is 1.65. The summed E-state index contributed by atoms with van der Waals surface area (Å²) >= 11 is 3.56. The minimum atomic E-state index is 1.15. The molecule has 2 rings (SSSR count). The Bertz CT molecular complexity index is 463. The molecule has 0 bridgehead atoms. The highest BCUT2D eigenvalue weighted by Gasteiger charge is 2.03. The summed E-state index contributed by atoms with van der Waals surface area (Å²) in [7, 11) is 4.13. The quantitative estimate of drug-likeness (QED) is 0.746. The molecule has 0 radical (unpaired) electrons. The number of nitrogens with zero attached hydrogens (tertiary/aromatic N) is 1. The van der Waals surface area contributed by atoms with Crippen LogP contribution in [0.3, 0.4) is 0 Å². The smallest absolute Gasteiger partial charge is 0.0441 e. The molecule has 0 aliphatic heterocycles. The van der Waals surface area contributed by atoms with Crippen LogP contribution in [0.15, 0.2) is 40.9 Å². The molecule has 0 aliphatic carbocycles. The second kappa shape index (κ2) is 3.62. The van der Waals surface area contributed by atoms with Crippen molar-refractivity contribution in [2.24, 2.45) is 0 Å². The van der Waals surface area contributed by atoms with Crippen LogP contribution in [0.4, 0.5) is 5.69 Å². The fourth-order valence-corrected chi connectivity index (χ4v) is 2.14. The topological polar surface area (TPSA) is 3.24 Å². The summed E-state index contributed by atoms with van der Waals surface area (Å²) in [5.74, 6) is 0. The van der Waals surface area contributed by atoms with Crippen molar-refractivity contribution in [1.82, 2.24) is 0 Å². The van der Waals surface area contributed by atoms with Crippen LogP contribution in [-0.2, 0) is 0 Å². The zero-order valence-electron chi connectivity index (χ0n) is 8.29. The van der Waals surface area contributed by atoms with Crippen LogP contribution in [0.1, 0.15) is 0 Å². The van der Waals surface area contributed by atoms with Crippen LogP contribution >= 0.6 is 15.9 Å². The molecule has 0 atom stereocenters. The molecule has 0 amide bonds. The van der Waals surface area contributed by atoms with Crippen LogP contribution < -0.4 is 4.90 Å². The lowest BCUT2D eigenvalue weighted by molar-refractivity contribution is 1.14. The standard InChI is InChI=1S/C12H12BrN/c1-14(2)12-8-4-5-9-10(12)6-3-7-11(9)13/h3-8H,1-2H3. The SMILES string of the molecule is CN(C)c1cccc2c(Br)cccc12. The number of halogens is 1. The van der Waals surface area contributed by atoms with E-state index in [1.807, 2.05) is 0 Å². The summed E-state index contributed by atoms with van der Waals surface area (Å²) in [6.45, 7) is 0. The van der Waals surface area contributed by atoms with Gasteiger partial charge in [-0.05, 0) is 17.5 Å². The van der Waals surface area contributed by atoms with Crippen molar-refractivity contribution >= 4 is 32.4 Å². The van der Waals surface area contributed by atoms with Crippen LogP contribution in [-0.4, -0.2) is 14.1 Å². The monoisotopic (exact) mass is 249 g/mol. The number of rotatable bonds is 1. The Balaban J connectivity index is 2.81. The summed E-state index contributed by atoms with van der Waals surface area (Å²) in [6.07, 6.45) is 0. The van der Waals surface area contributed by atoms with E-state index in [2.05, 4.69) is 71.3 Å². The Kier molecular flexibility index (Phi) is 2.46. The van der Waals surface area contributed by atoms with E-state index in [1.165, 1.54) is 16.5 Å². The largest absolute Gasteiger partial charge is 0.377 e. The Labute approximate surface area is 92.5 Å². The van der Waals surface area contributed by atoms with E-state index < -0.39 is 0 Å². The molecule has 14 heavy (non-hydrogen) atoms. The van der Waals surface area contributed by atoms with Crippen molar-refractivity contribution in [1.29, 1.82) is 0 Å². The number of benzene rings is 2. The first kappa shape index (κ1) is 9.53. The third kappa shape index (κ3) is 1.50. The average Bonchev–Trinajstić information content (AvgIpc) is 2.17. The summed E-state index contributed by atoms with van der Waals surface area (Å²) < 4.78 is 1.15. The lowest BCUT2D eigenvalue weighted by Gasteiger charge is -2.15. The molecule has 0 N–H and O–H groups in total. The van der Waals surface area contributed by atoms with Gasteiger partial charge < -0.3 is 4.90 Å². The van der Waals surface area contributed by atoms with Gasteiger partial charge in [-0.3, -0.25) is 0 Å². The van der Waals surface area contributed by atoms with Gasteiger partial charge in [-0.1, -0.05) is 40.2 Å². The van der Waals surface area contributed by atoms with Gasteiger partial charge in [-0.2, -0.15) is 0 Å². The van der Waals surface area contributed by atoms with Crippen molar-refractivity contribution in [3.63, 3.8) is 0 Å². The summed E-state index contributed by atoms with van der Waals surface area (Å²) in [6, 6.07) is 12.6. The molecule has 0 saturated heterocycles. The highest BCUT2D eigenvalue weighted by Crippen LogP contribution is 2.30. The minimum absolute atomic E-state index is 1.15. The van der Waals surface area contributed by atoms with E-state index in [0.717, 1.165) is 4.47 Å². The second-order valence-electron chi connectivity index (χ2n) is 3.51. The maximum absolute atomic E-state index is 3.56. The maximum atomic E-state index is 3.56. The molecule has 0 fully saturated rings. The third-order valence-corrected chi connectivity index (χ3v) is 3.02. The molecule has 1 nitrogen and oxygen atoms in total. The number of fused-ring (bicyclic) bond motifs is 1. The molecule has 0 heterocycles. The van der Waals surface area contributed by atoms with Crippen molar-refractivity contribution in [2.45, 2.75) is 0 Å². The molecular formula is C12H12BrN. The van der Waals surface area contributed by atoms with Gasteiger partial charge in [0.05, 0.1) is 0 Å². The van der Waals surface area contributed by atoms with E-state index in [-0.39, 0.29) is 0 Å². The molecule has 2 aromatic carbocycles. The van der Waals surface area contributed by atoms with Crippen molar-refractivity contribution in [3.8, 4) is 0 Å². The van der Waals surface area contributed by atoms with Gasteiger partial charge in [-0.25, -0.2) is 0 Å². The van der Waals surface area contributed by atoms with E-state index in [1.54, 1.807) is 0 Å². The van der Waals surface area contributed by atoms with E-state index in [9.17, 15) is 0 Å². The fraction of sp³-hybridized carbons (Fsp3) is 0.167. The van der Waals surface area contributed by atoms with Gasteiger partial charge >= 0.3 is 0 Å². The van der Waals surface area contributed by atoms with Crippen molar-refractivity contribution in [3.05, 3.63) is 40.9 Å². The normalized spacial score (nSPS) is 10.5. The summed E-state index contributed by atoms with van der Waals surface area (Å²) in [5, 5.41) is 2.55. The lowest BCUT2D eigenvalue weighted by Crippen LogP contribution is -2.08. The van der Waals surface area contributed by atoms with Crippen molar-refractivity contribution < 1.29 is 0 Å². The number of hydrogen-bond donors (Lipinski definition) is 0.